The van der Waals surface area contributed by atoms with Crippen LogP contribution in [0.4, 0.5) is 10.2 Å². The normalized spacial score (nSPS) is 15.7. The molecule has 0 unspecified atom stereocenters. The number of amides is 2. The van der Waals surface area contributed by atoms with E-state index < -0.39 is 34.1 Å². The number of aromatic nitrogens is 1. The summed E-state index contributed by atoms with van der Waals surface area (Å²) >= 11 is 0. The van der Waals surface area contributed by atoms with Crippen LogP contribution in [0.15, 0.2) is 34.7 Å². The Kier molecular flexibility index (Phi) is 8.76. The summed E-state index contributed by atoms with van der Waals surface area (Å²) < 4.78 is 45.4. The number of hydrogen-bond acceptors (Lipinski definition) is 8. The number of sulfonamides is 1. The number of pyridine rings is 1. The molecular formula is C27H33FN4O7S. The highest BCUT2D eigenvalue weighted by atomic mass is 32.2. The van der Waals surface area contributed by atoms with Gasteiger partial charge in [-0.3, -0.25) is 13.9 Å². The fraction of sp³-hybridized carbons (Fsp3) is 0.444. The third-order valence-electron chi connectivity index (χ3n) is 7.15. The summed E-state index contributed by atoms with van der Waals surface area (Å²) in [6, 6.07) is 6.49. The van der Waals surface area contributed by atoms with Crippen LogP contribution in [0, 0.1) is 5.82 Å². The number of halogens is 1. The van der Waals surface area contributed by atoms with Crippen molar-refractivity contribution >= 4 is 38.8 Å². The van der Waals surface area contributed by atoms with Crippen LogP contribution in [0.3, 0.4) is 0 Å². The zero-order chi connectivity index (χ0) is 29.2. The first-order valence-corrected chi connectivity index (χ1v) is 14.8. The molecule has 3 heterocycles. The Bertz CT molecular complexity index is 1510. The molecule has 1 saturated heterocycles. The molecule has 0 aliphatic carbocycles. The quantitative estimate of drug-likeness (QED) is 0.246. The standard InChI is InChI=1S/C27H33FN4O7S/c1-29-25(34)22-19-15-17(7-4-5-9-21(33)32-14-6-8-20(32)27(35)36)24(31(2)40(3,37)38)30-26(19)39-23(22)16-10-12-18(28)13-11-16/h10-13,15,20,27,35-36H,4-9,14H2,1-3H3,(H,29,34)/t20-/m0/s1. The van der Waals surface area contributed by atoms with Crippen LogP contribution < -0.4 is 9.62 Å². The molecule has 1 atom stereocenters. The van der Waals surface area contributed by atoms with E-state index in [1.54, 1.807) is 6.07 Å². The van der Waals surface area contributed by atoms with E-state index in [9.17, 15) is 32.6 Å². The van der Waals surface area contributed by atoms with Gasteiger partial charge in [0.25, 0.3) is 5.91 Å². The molecular weight excluding hydrogens is 543 g/mol. The second kappa shape index (κ2) is 11.9. The van der Waals surface area contributed by atoms with E-state index >= 15 is 0 Å². The fourth-order valence-corrected chi connectivity index (χ4v) is 5.44. The smallest absolute Gasteiger partial charge is 0.255 e. The zero-order valence-electron chi connectivity index (χ0n) is 22.6. The van der Waals surface area contributed by atoms with Crippen LogP contribution in [-0.4, -0.2) is 79.6 Å². The molecule has 1 aliphatic rings. The molecule has 13 heteroatoms. The Hall–Kier alpha value is -3.55. The van der Waals surface area contributed by atoms with Crippen LogP contribution in [0.1, 0.15) is 48.0 Å². The minimum absolute atomic E-state index is 0.0463. The summed E-state index contributed by atoms with van der Waals surface area (Å²) in [5, 5.41) is 22.0. The number of aryl methyl sites for hydroxylation is 1. The van der Waals surface area contributed by atoms with Gasteiger partial charge in [-0.25, -0.2) is 12.8 Å². The number of nitrogens with zero attached hydrogens (tertiary/aromatic N) is 3. The lowest BCUT2D eigenvalue weighted by molar-refractivity contribution is -0.143. The molecule has 40 heavy (non-hydrogen) atoms. The van der Waals surface area contributed by atoms with Gasteiger partial charge in [-0.15, -0.1) is 0 Å². The summed E-state index contributed by atoms with van der Waals surface area (Å²) in [5.74, 6) is -0.772. The molecule has 0 radical (unpaired) electrons. The Balaban J connectivity index is 1.66. The minimum Gasteiger partial charge on any atom is -0.437 e. The van der Waals surface area contributed by atoms with Crippen molar-refractivity contribution in [2.24, 2.45) is 0 Å². The Morgan fingerprint density at radius 3 is 2.58 bits per heavy atom. The maximum absolute atomic E-state index is 13.5. The van der Waals surface area contributed by atoms with E-state index in [0.29, 0.717) is 55.2 Å². The highest BCUT2D eigenvalue weighted by molar-refractivity contribution is 7.92. The highest BCUT2D eigenvalue weighted by Gasteiger charge is 2.32. The number of hydrogen-bond donors (Lipinski definition) is 3. The maximum Gasteiger partial charge on any atom is 0.255 e. The van der Waals surface area contributed by atoms with E-state index in [1.165, 1.54) is 43.3 Å². The zero-order valence-corrected chi connectivity index (χ0v) is 23.4. The van der Waals surface area contributed by atoms with Gasteiger partial charge in [-0.05, 0) is 68.0 Å². The van der Waals surface area contributed by atoms with Crippen molar-refractivity contribution in [1.82, 2.24) is 15.2 Å². The summed E-state index contributed by atoms with van der Waals surface area (Å²) in [5.41, 5.74) is 1.22. The summed E-state index contributed by atoms with van der Waals surface area (Å²) in [7, 11) is -0.863. The van der Waals surface area contributed by atoms with Crippen molar-refractivity contribution < 1.29 is 37.0 Å². The van der Waals surface area contributed by atoms with E-state index in [4.69, 9.17) is 4.42 Å². The van der Waals surface area contributed by atoms with Gasteiger partial charge < -0.3 is 24.8 Å². The lowest BCUT2D eigenvalue weighted by Crippen LogP contribution is -2.42. The van der Waals surface area contributed by atoms with Crippen molar-refractivity contribution in [2.75, 3.05) is 31.2 Å². The van der Waals surface area contributed by atoms with Gasteiger partial charge in [0, 0.05) is 32.6 Å². The molecule has 1 aromatic carbocycles. The van der Waals surface area contributed by atoms with Crippen molar-refractivity contribution in [3.8, 4) is 11.3 Å². The lowest BCUT2D eigenvalue weighted by Gasteiger charge is -2.26. The first-order valence-electron chi connectivity index (χ1n) is 13.0. The predicted octanol–water partition coefficient (Wildman–Crippen LogP) is 2.40. The molecule has 1 aliphatic heterocycles. The Morgan fingerprint density at radius 2 is 1.95 bits per heavy atom. The van der Waals surface area contributed by atoms with Gasteiger partial charge in [0.2, 0.25) is 21.6 Å². The molecule has 0 saturated carbocycles. The maximum atomic E-state index is 13.5. The van der Waals surface area contributed by atoms with Gasteiger partial charge >= 0.3 is 0 Å². The van der Waals surface area contributed by atoms with Crippen molar-refractivity contribution in [3.63, 3.8) is 0 Å². The number of nitrogens with one attached hydrogen (secondary N) is 1. The van der Waals surface area contributed by atoms with E-state index in [1.807, 2.05) is 0 Å². The lowest BCUT2D eigenvalue weighted by atomic mass is 10.0. The van der Waals surface area contributed by atoms with Crippen LogP contribution in [0.2, 0.25) is 0 Å². The third-order valence-corrected chi connectivity index (χ3v) is 8.31. The number of rotatable bonds is 10. The van der Waals surface area contributed by atoms with Crippen molar-refractivity contribution in [3.05, 3.63) is 47.3 Å². The number of fused-ring (bicyclic) bond motifs is 1. The number of benzene rings is 1. The minimum atomic E-state index is -3.70. The molecule has 3 aromatic rings. The van der Waals surface area contributed by atoms with Gasteiger partial charge in [0.05, 0.1) is 23.2 Å². The summed E-state index contributed by atoms with van der Waals surface area (Å²) in [6.45, 7) is 0.476. The Morgan fingerprint density at radius 1 is 1.25 bits per heavy atom. The average molecular weight is 577 g/mol. The number of likely N-dealkylation sites (tertiary alicyclic amines) is 1. The number of unbranched alkanes of at least 4 members (excludes halogenated alkanes) is 1. The molecule has 11 nitrogen and oxygen atoms in total. The van der Waals surface area contributed by atoms with Gasteiger partial charge in [0.15, 0.2) is 6.29 Å². The van der Waals surface area contributed by atoms with Gasteiger partial charge in [-0.2, -0.15) is 4.98 Å². The number of aliphatic hydroxyl groups excluding tert-OH is 1. The van der Waals surface area contributed by atoms with E-state index in [2.05, 4.69) is 10.3 Å². The number of carbonyl (C=O) groups is 2. The predicted molar refractivity (Wildman–Crippen MR) is 147 cm³/mol. The Labute approximate surface area is 231 Å². The number of furan rings is 1. The van der Waals surface area contributed by atoms with Crippen LogP contribution in [0.5, 0.6) is 0 Å². The van der Waals surface area contributed by atoms with Crippen LogP contribution >= 0.6 is 0 Å². The van der Waals surface area contributed by atoms with Gasteiger partial charge in [0.1, 0.15) is 17.4 Å². The average Bonchev–Trinajstić information content (AvgIpc) is 3.55. The molecule has 216 valence electrons. The number of anilines is 1. The monoisotopic (exact) mass is 576 g/mol. The van der Waals surface area contributed by atoms with Crippen LogP contribution in [0.25, 0.3) is 22.4 Å². The molecule has 2 aromatic heterocycles. The molecule has 0 spiro atoms. The topological polar surface area (TPSA) is 153 Å². The summed E-state index contributed by atoms with van der Waals surface area (Å²) in [6.07, 6.45) is 2.23. The van der Waals surface area contributed by atoms with Crippen molar-refractivity contribution in [1.29, 1.82) is 0 Å². The first-order chi connectivity index (χ1) is 18.9. The van der Waals surface area contributed by atoms with Crippen LogP contribution in [-0.2, 0) is 21.2 Å². The highest BCUT2D eigenvalue weighted by Crippen LogP contribution is 2.36. The van der Waals surface area contributed by atoms with Crippen molar-refractivity contribution in [2.45, 2.75) is 50.9 Å². The third kappa shape index (κ3) is 6.11. The molecule has 4 rings (SSSR count). The number of aliphatic hydroxyl groups is 2. The summed E-state index contributed by atoms with van der Waals surface area (Å²) in [4.78, 5) is 31.6. The van der Waals surface area contributed by atoms with E-state index in [0.717, 1.165) is 10.6 Å². The second-order valence-corrected chi connectivity index (χ2v) is 11.9. The molecule has 2 amide bonds. The molecule has 0 bridgehead atoms. The molecule has 3 N–H and O–H groups in total. The van der Waals surface area contributed by atoms with Gasteiger partial charge in [-0.1, -0.05) is 0 Å². The second-order valence-electron chi connectivity index (χ2n) is 9.86. The largest absolute Gasteiger partial charge is 0.437 e. The first kappa shape index (κ1) is 29.4. The number of carbonyl (C=O) groups excluding carboxylic acids is 2. The SMILES string of the molecule is CNC(=O)c1c(-c2ccc(F)cc2)oc2nc(N(C)S(C)(=O)=O)c(CCCCC(=O)N3CCC[C@H]3C(O)O)cc12. The van der Waals surface area contributed by atoms with E-state index in [-0.39, 0.29) is 35.2 Å². The fourth-order valence-electron chi connectivity index (χ4n) is 4.97. The molecule has 1 fully saturated rings.